The van der Waals surface area contributed by atoms with E-state index in [1.165, 1.54) is 5.56 Å². The summed E-state index contributed by atoms with van der Waals surface area (Å²) >= 11 is 0. The molecule has 0 aliphatic heterocycles. The van der Waals surface area contributed by atoms with Gasteiger partial charge in [0.15, 0.2) is 0 Å². The molecule has 1 unspecified atom stereocenters. The molecule has 4 N–H and O–H groups in total. The molecule has 0 radical (unpaired) electrons. The monoisotopic (exact) mass is 235 g/mol. The molecule has 0 heterocycles. The van der Waals surface area contributed by atoms with Crippen molar-refractivity contribution in [3.63, 3.8) is 0 Å². The summed E-state index contributed by atoms with van der Waals surface area (Å²) in [6.45, 7) is 3.45. The highest BCUT2D eigenvalue weighted by atomic mass is 16.2. The lowest BCUT2D eigenvalue weighted by Crippen LogP contribution is -2.36. The zero-order valence-corrected chi connectivity index (χ0v) is 10.3. The van der Waals surface area contributed by atoms with Gasteiger partial charge in [0.2, 0.25) is 0 Å². The quantitative estimate of drug-likeness (QED) is 0.631. The van der Waals surface area contributed by atoms with Crippen LogP contribution in [0.25, 0.3) is 0 Å². The number of benzene rings is 1. The van der Waals surface area contributed by atoms with E-state index < -0.39 is 6.03 Å². The molecule has 0 aliphatic rings. The normalized spacial score (nSPS) is 12.1. The fraction of sp³-hybridized carbons (Fsp3) is 0.462. The first-order chi connectivity index (χ1) is 8.24. The minimum Gasteiger partial charge on any atom is -0.352 e. The third-order valence-corrected chi connectivity index (χ3v) is 2.59. The number of carbonyl (C=O) groups is 1. The summed E-state index contributed by atoms with van der Waals surface area (Å²) in [5, 5.41) is 5.99. The van der Waals surface area contributed by atoms with Crippen molar-refractivity contribution in [3.8, 4) is 0 Å². The zero-order valence-electron chi connectivity index (χ0n) is 10.3. The van der Waals surface area contributed by atoms with Crippen molar-refractivity contribution in [3.05, 3.63) is 35.9 Å². The molecule has 4 nitrogen and oxygen atoms in total. The Labute approximate surface area is 103 Å². The molecule has 0 spiro atoms. The van der Waals surface area contributed by atoms with Gasteiger partial charge in [-0.2, -0.15) is 0 Å². The lowest BCUT2D eigenvalue weighted by molar-refractivity contribution is 0.248. The van der Waals surface area contributed by atoms with Crippen LogP contribution in [0.1, 0.15) is 31.4 Å². The number of carbonyl (C=O) groups excluding carboxylic acids is 1. The highest BCUT2D eigenvalue weighted by Crippen LogP contribution is 2.17. The SMILES string of the molecule is CCCC(NCCNC(N)=O)c1ccccc1. The van der Waals surface area contributed by atoms with Crippen LogP contribution in [0.4, 0.5) is 4.79 Å². The molecule has 0 aliphatic carbocycles. The highest BCUT2D eigenvalue weighted by molar-refractivity contribution is 5.71. The van der Waals surface area contributed by atoms with Gasteiger partial charge in [-0.1, -0.05) is 43.7 Å². The van der Waals surface area contributed by atoms with Gasteiger partial charge < -0.3 is 16.4 Å². The van der Waals surface area contributed by atoms with Gasteiger partial charge in [0.1, 0.15) is 0 Å². The van der Waals surface area contributed by atoms with E-state index in [1.807, 2.05) is 18.2 Å². The molecule has 94 valence electrons. The van der Waals surface area contributed by atoms with Crippen LogP contribution in [0.3, 0.4) is 0 Å². The minimum absolute atomic E-state index is 0.343. The van der Waals surface area contributed by atoms with Crippen LogP contribution in [0.15, 0.2) is 30.3 Å². The van der Waals surface area contributed by atoms with Gasteiger partial charge in [-0.05, 0) is 12.0 Å². The summed E-state index contributed by atoms with van der Waals surface area (Å²) in [6.07, 6.45) is 2.20. The molecular weight excluding hydrogens is 214 g/mol. The van der Waals surface area contributed by atoms with E-state index in [-0.39, 0.29) is 0 Å². The lowest BCUT2D eigenvalue weighted by atomic mass is 10.0. The Kier molecular flexibility index (Phi) is 6.10. The topological polar surface area (TPSA) is 67.2 Å². The summed E-state index contributed by atoms with van der Waals surface area (Å²) in [4.78, 5) is 10.5. The fourth-order valence-electron chi connectivity index (χ4n) is 1.79. The maximum Gasteiger partial charge on any atom is 0.312 e. The van der Waals surface area contributed by atoms with Crippen LogP contribution < -0.4 is 16.4 Å². The standard InChI is InChI=1S/C13H21N3O/c1-2-6-12(11-7-4-3-5-8-11)15-9-10-16-13(14)17/h3-5,7-8,12,15H,2,6,9-10H2,1H3,(H3,14,16,17). The van der Waals surface area contributed by atoms with Crippen molar-refractivity contribution < 1.29 is 4.79 Å². The molecule has 0 aromatic heterocycles. The summed E-state index contributed by atoms with van der Waals surface area (Å²) in [5.74, 6) is 0. The Morgan fingerprint density at radius 1 is 1.29 bits per heavy atom. The number of primary amides is 1. The molecule has 0 fully saturated rings. The molecule has 0 bridgehead atoms. The van der Waals surface area contributed by atoms with Gasteiger partial charge in [-0.3, -0.25) is 0 Å². The van der Waals surface area contributed by atoms with E-state index in [4.69, 9.17) is 5.73 Å². The molecule has 1 atom stereocenters. The molecule has 1 aromatic rings. The van der Waals surface area contributed by atoms with E-state index in [0.717, 1.165) is 19.4 Å². The molecule has 0 saturated carbocycles. The second-order valence-electron chi connectivity index (χ2n) is 4.00. The zero-order chi connectivity index (χ0) is 12.5. The molecule has 4 heteroatoms. The molecule has 2 amide bonds. The number of amides is 2. The summed E-state index contributed by atoms with van der Waals surface area (Å²) in [7, 11) is 0. The Morgan fingerprint density at radius 3 is 2.59 bits per heavy atom. The van der Waals surface area contributed by atoms with Gasteiger partial charge >= 0.3 is 6.03 Å². The Hall–Kier alpha value is -1.55. The molecule has 17 heavy (non-hydrogen) atoms. The van der Waals surface area contributed by atoms with Crippen LogP contribution in [0, 0.1) is 0 Å². The maximum absolute atomic E-state index is 10.5. The summed E-state index contributed by atoms with van der Waals surface area (Å²) < 4.78 is 0. The van der Waals surface area contributed by atoms with Crippen LogP contribution in [0.5, 0.6) is 0 Å². The fourth-order valence-corrected chi connectivity index (χ4v) is 1.79. The van der Waals surface area contributed by atoms with Crippen molar-refractivity contribution in [1.29, 1.82) is 0 Å². The van der Waals surface area contributed by atoms with E-state index in [1.54, 1.807) is 0 Å². The number of hydrogen-bond acceptors (Lipinski definition) is 2. The second kappa shape index (κ2) is 7.68. The molecule has 0 saturated heterocycles. The number of nitrogens with one attached hydrogen (secondary N) is 2. The van der Waals surface area contributed by atoms with Crippen LogP contribution >= 0.6 is 0 Å². The number of urea groups is 1. The first kappa shape index (κ1) is 13.5. The average Bonchev–Trinajstić information content (AvgIpc) is 2.34. The number of nitrogens with two attached hydrogens (primary N) is 1. The largest absolute Gasteiger partial charge is 0.352 e. The van der Waals surface area contributed by atoms with Gasteiger partial charge in [0.25, 0.3) is 0 Å². The van der Waals surface area contributed by atoms with E-state index >= 15 is 0 Å². The third kappa shape index (κ3) is 5.36. The average molecular weight is 235 g/mol. The van der Waals surface area contributed by atoms with Crippen molar-refractivity contribution >= 4 is 6.03 Å². The van der Waals surface area contributed by atoms with Crippen molar-refractivity contribution in [2.45, 2.75) is 25.8 Å². The maximum atomic E-state index is 10.5. The van der Waals surface area contributed by atoms with Gasteiger partial charge in [0.05, 0.1) is 0 Å². The van der Waals surface area contributed by atoms with Crippen LogP contribution in [0.2, 0.25) is 0 Å². The molecule has 1 aromatic carbocycles. The highest BCUT2D eigenvalue weighted by Gasteiger charge is 2.08. The third-order valence-electron chi connectivity index (χ3n) is 2.59. The van der Waals surface area contributed by atoms with Crippen molar-refractivity contribution in [1.82, 2.24) is 10.6 Å². The van der Waals surface area contributed by atoms with E-state index in [0.29, 0.717) is 12.6 Å². The minimum atomic E-state index is -0.474. The molecule has 1 rings (SSSR count). The van der Waals surface area contributed by atoms with Gasteiger partial charge in [-0.25, -0.2) is 4.79 Å². The number of hydrogen-bond donors (Lipinski definition) is 3. The van der Waals surface area contributed by atoms with Crippen LogP contribution in [-0.2, 0) is 0 Å². The predicted molar refractivity (Wildman–Crippen MR) is 69.7 cm³/mol. The van der Waals surface area contributed by atoms with E-state index in [2.05, 4.69) is 29.7 Å². The lowest BCUT2D eigenvalue weighted by Gasteiger charge is -2.18. The van der Waals surface area contributed by atoms with Crippen molar-refractivity contribution in [2.75, 3.05) is 13.1 Å². The van der Waals surface area contributed by atoms with Crippen molar-refractivity contribution in [2.24, 2.45) is 5.73 Å². The summed E-state index contributed by atoms with van der Waals surface area (Å²) in [5.41, 5.74) is 6.29. The first-order valence-electron chi connectivity index (χ1n) is 6.05. The Balaban J connectivity index is 2.41. The summed E-state index contributed by atoms with van der Waals surface area (Å²) in [6, 6.07) is 10.2. The van der Waals surface area contributed by atoms with Gasteiger partial charge in [-0.15, -0.1) is 0 Å². The van der Waals surface area contributed by atoms with Crippen LogP contribution in [-0.4, -0.2) is 19.1 Å². The van der Waals surface area contributed by atoms with E-state index in [9.17, 15) is 4.79 Å². The first-order valence-corrected chi connectivity index (χ1v) is 6.05. The Morgan fingerprint density at radius 2 is 2.00 bits per heavy atom. The number of rotatable bonds is 7. The smallest absolute Gasteiger partial charge is 0.312 e. The Bertz CT molecular complexity index is 327. The second-order valence-corrected chi connectivity index (χ2v) is 4.00. The predicted octanol–water partition coefficient (Wildman–Crippen LogP) is 1.79. The molecular formula is C13H21N3O. The van der Waals surface area contributed by atoms with Gasteiger partial charge in [0, 0.05) is 19.1 Å².